The lowest BCUT2D eigenvalue weighted by molar-refractivity contribution is -0.140. The summed E-state index contributed by atoms with van der Waals surface area (Å²) in [5, 5.41) is 0.417. The Labute approximate surface area is 274 Å². The van der Waals surface area contributed by atoms with Crippen molar-refractivity contribution in [2.45, 2.75) is 18.0 Å². The van der Waals surface area contributed by atoms with Crippen molar-refractivity contribution in [1.82, 2.24) is 4.31 Å². The fourth-order valence-electron chi connectivity index (χ4n) is 4.01. The van der Waals surface area contributed by atoms with Gasteiger partial charge in [-0.15, -0.1) is 0 Å². The van der Waals surface area contributed by atoms with Gasteiger partial charge in [0.05, 0.1) is 31.4 Å². The molecule has 0 fully saturated rings. The Morgan fingerprint density at radius 1 is 0.795 bits per heavy atom. The Morgan fingerprint density at radius 3 is 1.89 bits per heavy atom. The standard InChI is InChI=1S/C31H28BrCl2NO8S/c1-39-23-8-4-20(5-9-23)17-35(18-30(36)41-3)44(37,38)29-16-25(43-31-26(33)14-22(32)15-27(31)34)12-13-28(29)42-19-21-6-10-24(40-2)11-7-21/h4-16H,17-19H2,1-3H3. The average Bonchev–Trinajstić information content (AvgIpc) is 3.02. The normalized spacial score (nSPS) is 11.2. The van der Waals surface area contributed by atoms with Gasteiger partial charge < -0.3 is 23.7 Å². The van der Waals surface area contributed by atoms with E-state index >= 15 is 0 Å². The van der Waals surface area contributed by atoms with Crippen LogP contribution in [0, 0.1) is 0 Å². The number of carbonyl (C=O) groups is 1. The summed E-state index contributed by atoms with van der Waals surface area (Å²) in [5.41, 5.74) is 1.38. The van der Waals surface area contributed by atoms with E-state index in [0.717, 1.165) is 9.87 Å². The monoisotopic (exact) mass is 723 g/mol. The lowest BCUT2D eigenvalue weighted by Crippen LogP contribution is -2.36. The molecule has 0 unspecified atom stereocenters. The molecule has 9 nitrogen and oxygen atoms in total. The molecule has 0 aliphatic rings. The van der Waals surface area contributed by atoms with Crippen LogP contribution in [0.15, 0.2) is 88.2 Å². The first-order valence-electron chi connectivity index (χ1n) is 13.0. The van der Waals surface area contributed by atoms with Crippen LogP contribution in [0.3, 0.4) is 0 Å². The maximum atomic E-state index is 14.3. The van der Waals surface area contributed by atoms with Crippen molar-refractivity contribution in [3.8, 4) is 28.7 Å². The fourth-order valence-corrected chi connectivity index (χ4v) is 6.81. The number of hydrogen-bond acceptors (Lipinski definition) is 8. The summed E-state index contributed by atoms with van der Waals surface area (Å²) in [6.07, 6.45) is 0. The second-order valence-corrected chi connectivity index (χ2v) is 12.9. The van der Waals surface area contributed by atoms with E-state index in [2.05, 4.69) is 15.9 Å². The summed E-state index contributed by atoms with van der Waals surface area (Å²) in [4.78, 5) is 12.2. The molecule has 0 atom stereocenters. The van der Waals surface area contributed by atoms with Gasteiger partial charge in [-0.2, -0.15) is 4.31 Å². The third-order valence-electron chi connectivity index (χ3n) is 6.32. The molecule has 0 saturated heterocycles. The number of sulfonamides is 1. The molecule has 0 aliphatic heterocycles. The van der Waals surface area contributed by atoms with Crippen molar-refractivity contribution in [2.75, 3.05) is 27.9 Å². The molecule has 44 heavy (non-hydrogen) atoms. The zero-order valence-corrected chi connectivity index (χ0v) is 27.8. The Morgan fingerprint density at radius 2 is 1.34 bits per heavy atom. The molecule has 4 rings (SSSR count). The predicted octanol–water partition coefficient (Wildman–Crippen LogP) is 7.51. The second-order valence-electron chi connectivity index (χ2n) is 9.24. The zero-order valence-electron chi connectivity index (χ0n) is 23.9. The third-order valence-corrected chi connectivity index (χ3v) is 9.15. The fraction of sp³-hybridized carbons (Fsp3) is 0.194. The molecule has 0 spiro atoms. The molecule has 0 amide bonds. The topological polar surface area (TPSA) is 101 Å². The summed E-state index contributed by atoms with van der Waals surface area (Å²) in [5.74, 6) is 0.806. The highest BCUT2D eigenvalue weighted by molar-refractivity contribution is 9.10. The average molecular weight is 725 g/mol. The predicted molar refractivity (Wildman–Crippen MR) is 171 cm³/mol. The molecular formula is C31H28BrCl2NO8S. The molecular weight excluding hydrogens is 697 g/mol. The Hall–Kier alpha value is -3.48. The van der Waals surface area contributed by atoms with Crippen LogP contribution in [0.4, 0.5) is 0 Å². The van der Waals surface area contributed by atoms with Crippen LogP contribution in [0.1, 0.15) is 11.1 Å². The summed E-state index contributed by atoms with van der Waals surface area (Å²) < 4.78 is 57.4. The number of halogens is 3. The van der Waals surface area contributed by atoms with E-state index in [9.17, 15) is 13.2 Å². The van der Waals surface area contributed by atoms with Crippen molar-refractivity contribution in [3.63, 3.8) is 0 Å². The van der Waals surface area contributed by atoms with Crippen LogP contribution in [0.25, 0.3) is 0 Å². The van der Waals surface area contributed by atoms with Gasteiger partial charge in [-0.1, -0.05) is 63.4 Å². The molecule has 232 valence electrons. The Balaban J connectivity index is 1.76. The molecule has 0 aromatic heterocycles. The van der Waals surface area contributed by atoms with Crippen molar-refractivity contribution >= 4 is 55.1 Å². The first-order valence-corrected chi connectivity index (χ1v) is 15.9. The van der Waals surface area contributed by atoms with Gasteiger partial charge in [-0.25, -0.2) is 8.42 Å². The maximum Gasteiger partial charge on any atom is 0.321 e. The summed E-state index contributed by atoms with van der Waals surface area (Å²) in [6.45, 7) is -0.653. The van der Waals surface area contributed by atoms with Crippen molar-refractivity contribution in [1.29, 1.82) is 0 Å². The van der Waals surface area contributed by atoms with Crippen LogP contribution < -0.4 is 18.9 Å². The molecule has 0 radical (unpaired) electrons. The van der Waals surface area contributed by atoms with Crippen LogP contribution in [-0.4, -0.2) is 46.6 Å². The molecule has 0 bridgehead atoms. The molecule has 4 aromatic rings. The number of methoxy groups -OCH3 is 3. The van der Waals surface area contributed by atoms with Crippen LogP contribution in [0.5, 0.6) is 28.7 Å². The lowest BCUT2D eigenvalue weighted by atomic mass is 10.2. The number of rotatable bonds is 13. The van der Waals surface area contributed by atoms with Crippen LogP contribution in [0.2, 0.25) is 10.0 Å². The molecule has 4 aromatic carbocycles. The number of nitrogens with zero attached hydrogens (tertiary/aromatic N) is 1. The molecule has 0 N–H and O–H groups in total. The highest BCUT2D eigenvalue weighted by Crippen LogP contribution is 2.41. The van der Waals surface area contributed by atoms with Crippen molar-refractivity contribution < 1.29 is 36.9 Å². The van der Waals surface area contributed by atoms with E-state index in [-0.39, 0.29) is 45.3 Å². The number of hydrogen-bond donors (Lipinski definition) is 0. The van der Waals surface area contributed by atoms with Gasteiger partial charge in [-0.05, 0) is 59.7 Å². The van der Waals surface area contributed by atoms with Gasteiger partial charge in [0, 0.05) is 17.1 Å². The quantitative estimate of drug-likeness (QED) is 0.131. The maximum absolute atomic E-state index is 14.3. The largest absolute Gasteiger partial charge is 0.497 e. The second kappa shape index (κ2) is 15.0. The van der Waals surface area contributed by atoms with E-state index in [1.165, 1.54) is 32.4 Å². The van der Waals surface area contributed by atoms with E-state index < -0.39 is 22.5 Å². The van der Waals surface area contributed by atoms with Crippen LogP contribution in [-0.2, 0) is 32.7 Å². The Kier molecular flexibility index (Phi) is 11.4. The van der Waals surface area contributed by atoms with Crippen LogP contribution >= 0.6 is 39.1 Å². The van der Waals surface area contributed by atoms with Gasteiger partial charge in [0.25, 0.3) is 0 Å². The van der Waals surface area contributed by atoms with Crippen molar-refractivity contribution in [3.05, 3.63) is 105 Å². The van der Waals surface area contributed by atoms with Gasteiger partial charge in [0.1, 0.15) is 41.0 Å². The van der Waals surface area contributed by atoms with E-state index in [1.807, 2.05) is 0 Å². The number of carbonyl (C=O) groups excluding carboxylic acids is 1. The minimum Gasteiger partial charge on any atom is -0.497 e. The van der Waals surface area contributed by atoms with E-state index in [4.69, 9.17) is 46.9 Å². The van der Waals surface area contributed by atoms with Crippen molar-refractivity contribution in [2.24, 2.45) is 0 Å². The lowest BCUT2D eigenvalue weighted by Gasteiger charge is -2.23. The zero-order chi connectivity index (χ0) is 31.9. The smallest absolute Gasteiger partial charge is 0.321 e. The summed E-state index contributed by atoms with van der Waals surface area (Å²) in [7, 11) is -0.130. The summed E-state index contributed by atoms with van der Waals surface area (Å²) >= 11 is 16.0. The molecule has 0 aliphatic carbocycles. The third kappa shape index (κ3) is 8.36. The Bertz CT molecular complexity index is 1700. The first kappa shape index (κ1) is 33.4. The minimum absolute atomic E-state index is 0.0331. The minimum atomic E-state index is -4.40. The van der Waals surface area contributed by atoms with Gasteiger partial charge in [-0.3, -0.25) is 4.79 Å². The summed E-state index contributed by atoms with van der Waals surface area (Å²) in [6, 6.07) is 21.4. The van der Waals surface area contributed by atoms with Gasteiger partial charge >= 0.3 is 5.97 Å². The highest BCUT2D eigenvalue weighted by atomic mass is 79.9. The number of benzene rings is 4. The molecule has 0 saturated carbocycles. The molecule has 0 heterocycles. The van der Waals surface area contributed by atoms with Gasteiger partial charge in [0.15, 0.2) is 5.75 Å². The first-order chi connectivity index (χ1) is 21.0. The van der Waals surface area contributed by atoms with E-state index in [0.29, 0.717) is 21.5 Å². The van der Waals surface area contributed by atoms with Gasteiger partial charge in [0.2, 0.25) is 10.0 Å². The highest BCUT2D eigenvalue weighted by Gasteiger charge is 2.31. The number of ether oxygens (including phenoxy) is 5. The SMILES string of the molecule is COC(=O)CN(Cc1ccc(OC)cc1)S(=O)(=O)c1cc(Oc2c(Cl)cc(Br)cc2Cl)ccc1OCc1ccc(OC)cc1. The number of esters is 1. The van der Waals surface area contributed by atoms with E-state index in [1.54, 1.807) is 67.8 Å². The molecule has 13 heteroatoms.